The summed E-state index contributed by atoms with van der Waals surface area (Å²) in [7, 11) is -3.72. The Morgan fingerprint density at radius 3 is 2.67 bits per heavy atom. The first kappa shape index (κ1) is 15.1. The third-order valence-electron chi connectivity index (χ3n) is 2.47. The van der Waals surface area contributed by atoms with Crippen LogP contribution in [-0.4, -0.2) is 19.3 Å². The van der Waals surface area contributed by atoms with E-state index in [0.717, 1.165) is 11.3 Å². The van der Waals surface area contributed by atoms with E-state index in [2.05, 4.69) is 10.3 Å². The largest absolute Gasteiger partial charge is 0.346 e. The summed E-state index contributed by atoms with van der Waals surface area (Å²) >= 11 is 0.992. The molecule has 0 saturated heterocycles. The van der Waals surface area contributed by atoms with Crippen molar-refractivity contribution in [2.24, 2.45) is 5.14 Å². The third kappa shape index (κ3) is 3.85. The second-order valence-corrected chi connectivity index (χ2v) is 6.95. The number of thiophene rings is 1. The molecule has 0 aliphatic carbocycles. The number of amides is 1. The zero-order chi connectivity index (χ0) is 15.5. The number of hydrogen-bond donors (Lipinski definition) is 2. The summed E-state index contributed by atoms with van der Waals surface area (Å²) in [6.07, 6.45) is 1.30. The SMILES string of the molecule is N#Cc1ccc(C(=O)NCc2ccc(S(N)(=O)=O)s2)nc1. The zero-order valence-electron chi connectivity index (χ0n) is 10.6. The van der Waals surface area contributed by atoms with Gasteiger partial charge in [-0.2, -0.15) is 5.26 Å². The molecule has 0 fully saturated rings. The van der Waals surface area contributed by atoms with Crippen LogP contribution in [-0.2, 0) is 16.6 Å². The fourth-order valence-corrected chi connectivity index (χ4v) is 3.18. The summed E-state index contributed by atoms with van der Waals surface area (Å²) < 4.78 is 22.3. The van der Waals surface area contributed by atoms with Gasteiger partial charge in [0.15, 0.2) is 0 Å². The Labute approximate surface area is 125 Å². The zero-order valence-corrected chi connectivity index (χ0v) is 12.2. The van der Waals surface area contributed by atoms with Crippen molar-refractivity contribution in [3.05, 3.63) is 46.6 Å². The molecular formula is C12H10N4O3S2. The van der Waals surface area contributed by atoms with Crippen molar-refractivity contribution >= 4 is 27.3 Å². The summed E-state index contributed by atoms with van der Waals surface area (Å²) in [4.78, 5) is 16.3. The maximum Gasteiger partial charge on any atom is 0.270 e. The number of hydrogen-bond acceptors (Lipinski definition) is 6. The average molecular weight is 322 g/mol. The van der Waals surface area contributed by atoms with Gasteiger partial charge < -0.3 is 5.32 Å². The molecule has 0 saturated carbocycles. The summed E-state index contributed by atoms with van der Waals surface area (Å²) in [5.41, 5.74) is 0.542. The molecule has 2 heterocycles. The van der Waals surface area contributed by atoms with Gasteiger partial charge in [-0.3, -0.25) is 4.79 Å². The molecule has 1 amide bonds. The molecule has 0 aliphatic rings. The van der Waals surface area contributed by atoms with E-state index in [1.54, 1.807) is 6.07 Å². The van der Waals surface area contributed by atoms with E-state index in [9.17, 15) is 13.2 Å². The Balaban J connectivity index is 2.01. The van der Waals surface area contributed by atoms with Gasteiger partial charge in [-0.1, -0.05) is 0 Å². The highest BCUT2D eigenvalue weighted by Crippen LogP contribution is 2.20. The van der Waals surface area contributed by atoms with E-state index in [-0.39, 0.29) is 16.4 Å². The average Bonchev–Trinajstić information content (AvgIpc) is 2.94. The number of carbonyl (C=O) groups excluding carboxylic acids is 1. The minimum atomic E-state index is -3.72. The van der Waals surface area contributed by atoms with E-state index in [4.69, 9.17) is 10.4 Å². The van der Waals surface area contributed by atoms with E-state index in [1.807, 2.05) is 6.07 Å². The number of nitriles is 1. The number of primary sulfonamides is 1. The maximum absolute atomic E-state index is 11.8. The Kier molecular flexibility index (Phi) is 4.32. The molecule has 21 heavy (non-hydrogen) atoms. The molecule has 0 bridgehead atoms. The van der Waals surface area contributed by atoms with Crippen LogP contribution >= 0.6 is 11.3 Å². The fraction of sp³-hybridized carbons (Fsp3) is 0.0833. The molecule has 2 aromatic rings. The molecule has 9 heteroatoms. The lowest BCUT2D eigenvalue weighted by atomic mass is 10.2. The van der Waals surface area contributed by atoms with E-state index in [0.29, 0.717) is 10.4 Å². The second-order valence-electron chi connectivity index (χ2n) is 3.99. The van der Waals surface area contributed by atoms with Crippen LogP contribution in [0.15, 0.2) is 34.7 Å². The summed E-state index contributed by atoms with van der Waals surface area (Å²) in [6, 6.07) is 7.81. The molecule has 2 aromatic heterocycles. The highest BCUT2D eigenvalue weighted by Gasteiger charge is 2.12. The second kappa shape index (κ2) is 6.01. The first-order valence-electron chi connectivity index (χ1n) is 5.66. The molecule has 108 valence electrons. The van der Waals surface area contributed by atoms with Gasteiger partial charge in [0.1, 0.15) is 16.0 Å². The molecular weight excluding hydrogens is 312 g/mol. The van der Waals surface area contributed by atoms with E-state index >= 15 is 0 Å². The molecule has 0 spiro atoms. The van der Waals surface area contributed by atoms with Crippen molar-refractivity contribution in [2.45, 2.75) is 10.8 Å². The summed E-state index contributed by atoms with van der Waals surface area (Å²) in [6.45, 7) is 0.167. The Morgan fingerprint density at radius 1 is 1.38 bits per heavy atom. The predicted molar refractivity (Wildman–Crippen MR) is 75.8 cm³/mol. The first-order valence-corrected chi connectivity index (χ1v) is 8.02. The van der Waals surface area contributed by atoms with Crippen molar-refractivity contribution < 1.29 is 13.2 Å². The van der Waals surface area contributed by atoms with Crippen molar-refractivity contribution in [2.75, 3.05) is 0 Å². The Bertz CT molecular complexity index is 804. The lowest BCUT2D eigenvalue weighted by Crippen LogP contribution is -2.23. The van der Waals surface area contributed by atoms with Crippen LogP contribution < -0.4 is 10.5 Å². The molecule has 0 radical (unpaired) electrons. The number of rotatable bonds is 4. The van der Waals surface area contributed by atoms with Crippen molar-refractivity contribution in [3.8, 4) is 6.07 Å². The van der Waals surface area contributed by atoms with Gasteiger partial charge in [0.25, 0.3) is 5.91 Å². The smallest absolute Gasteiger partial charge is 0.270 e. The van der Waals surface area contributed by atoms with E-state index in [1.165, 1.54) is 24.4 Å². The quantitative estimate of drug-likeness (QED) is 0.852. The van der Waals surface area contributed by atoms with Gasteiger partial charge in [-0.15, -0.1) is 11.3 Å². The van der Waals surface area contributed by atoms with Crippen LogP contribution in [0.4, 0.5) is 0 Å². The highest BCUT2D eigenvalue weighted by molar-refractivity contribution is 7.91. The molecule has 0 aromatic carbocycles. The third-order valence-corrected chi connectivity index (χ3v) is 4.99. The Morgan fingerprint density at radius 2 is 2.14 bits per heavy atom. The number of aromatic nitrogens is 1. The lowest BCUT2D eigenvalue weighted by Gasteiger charge is -2.02. The number of carbonyl (C=O) groups is 1. The van der Waals surface area contributed by atoms with Crippen molar-refractivity contribution in [3.63, 3.8) is 0 Å². The van der Waals surface area contributed by atoms with Crippen LogP contribution in [0.2, 0.25) is 0 Å². The number of pyridine rings is 1. The first-order chi connectivity index (χ1) is 9.90. The van der Waals surface area contributed by atoms with Gasteiger partial charge >= 0.3 is 0 Å². The molecule has 2 rings (SSSR count). The van der Waals surface area contributed by atoms with Crippen LogP contribution in [0.25, 0.3) is 0 Å². The van der Waals surface area contributed by atoms with Crippen LogP contribution in [0.1, 0.15) is 20.9 Å². The van der Waals surface area contributed by atoms with Crippen LogP contribution in [0, 0.1) is 11.3 Å². The van der Waals surface area contributed by atoms with Gasteiger partial charge in [0.2, 0.25) is 10.0 Å². The number of sulfonamides is 1. The van der Waals surface area contributed by atoms with E-state index < -0.39 is 15.9 Å². The Hall–Kier alpha value is -2.28. The van der Waals surface area contributed by atoms with Gasteiger partial charge in [0.05, 0.1) is 12.1 Å². The molecule has 7 nitrogen and oxygen atoms in total. The molecule has 0 atom stereocenters. The molecule has 0 unspecified atom stereocenters. The van der Waals surface area contributed by atoms with Crippen molar-refractivity contribution in [1.29, 1.82) is 5.26 Å². The maximum atomic E-state index is 11.8. The number of nitrogens with two attached hydrogens (primary N) is 1. The van der Waals surface area contributed by atoms with Crippen molar-refractivity contribution in [1.82, 2.24) is 10.3 Å². The van der Waals surface area contributed by atoms with Gasteiger partial charge in [-0.05, 0) is 24.3 Å². The minimum absolute atomic E-state index is 0.0447. The van der Waals surface area contributed by atoms with Gasteiger partial charge in [-0.25, -0.2) is 18.5 Å². The monoisotopic (exact) mass is 322 g/mol. The normalized spacial score (nSPS) is 10.9. The summed E-state index contributed by atoms with van der Waals surface area (Å²) in [5.74, 6) is -0.412. The molecule has 3 N–H and O–H groups in total. The van der Waals surface area contributed by atoms with Crippen LogP contribution in [0.5, 0.6) is 0 Å². The number of nitrogens with one attached hydrogen (secondary N) is 1. The predicted octanol–water partition coefficient (Wildman–Crippen LogP) is 0.592. The number of nitrogens with zero attached hydrogens (tertiary/aromatic N) is 2. The standard InChI is InChI=1S/C12H10N4O3S2/c13-5-8-1-3-10(15-6-8)12(17)16-7-9-2-4-11(20-9)21(14,18)19/h1-4,6H,7H2,(H,16,17)(H2,14,18,19). The van der Waals surface area contributed by atoms with Crippen LogP contribution in [0.3, 0.4) is 0 Å². The lowest BCUT2D eigenvalue weighted by molar-refractivity contribution is 0.0946. The fourth-order valence-electron chi connectivity index (χ4n) is 1.46. The molecule has 0 aliphatic heterocycles. The minimum Gasteiger partial charge on any atom is -0.346 e. The summed E-state index contributed by atoms with van der Waals surface area (Å²) in [5, 5.41) is 16.2. The van der Waals surface area contributed by atoms with Gasteiger partial charge in [0, 0.05) is 11.1 Å². The topological polar surface area (TPSA) is 126 Å². The highest BCUT2D eigenvalue weighted by atomic mass is 32.2.